The Morgan fingerprint density at radius 3 is 2.79 bits per heavy atom. The summed E-state index contributed by atoms with van der Waals surface area (Å²) in [5.41, 5.74) is 1.78. The van der Waals surface area contributed by atoms with Crippen LogP contribution in [-0.4, -0.2) is 35.0 Å². The van der Waals surface area contributed by atoms with E-state index in [0.717, 1.165) is 30.8 Å². The predicted molar refractivity (Wildman–Crippen MR) is 76.6 cm³/mol. The number of anilines is 1. The summed E-state index contributed by atoms with van der Waals surface area (Å²) in [6.07, 6.45) is 1.08. The minimum absolute atomic E-state index is 0.184. The topological polar surface area (TPSA) is 58.4 Å². The molecule has 0 amide bonds. The minimum Gasteiger partial charge on any atom is -0.381 e. The molecule has 5 nitrogen and oxygen atoms in total. The van der Waals surface area contributed by atoms with Gasteiger partial charge in [-0.1, -0.05) is 6.07 Å². The van der Waals surface area contributed by atoms with Crippen LogP contribution < -0.4 is 5.32 Å². The van der Waals surface area contributed by atoms with Crippen LogP contribution in [0, 0.1) is 17.0 Å². The molecule has 1 aliphatic heterocycles. The molecule has 5 heteroatoms. The lowest BCUT2D eigenvalue weighted by molar-refractivity contribution is -0.385. The van der Waals surface area contributed by atoms with Gasteiger partial charge in [0, 0.05) is 42.5 Å². The number of rotatable bonds is 4. The molecule has 1 aromatic rings. The number of likely N-dealkylation sites (tertiary alicyclic amines) is 1. The molecule has 0 radical (unpaired) electrons. The number of nitro benzene ring substituents is 1. The number of nitro groups is 1. The molecule has 0 bridgehead atoms. The summed E-state index contributed by atoms with van der Waals surface area (Å²) >= 11 is 0. The molecule has 1 unspecified atom stereocenters. The van der Waals surface area contributed by atoms with Crippen molar-refractivity contribution >= 4 is 11.4 Å². The Hall–Kier alpha value is -1.62. The monoisotopic (exact) mass is 263 g/mol. The Balaban J connectivity index is 2.08. The van der Waals surface area contributed by atoms with Crippen molar-refractivity contribution in [1.82, 2.24) is 4.90 Å². The second-order valence-corrected chi connectivity index (χ2v) is 5.43. The van der Waals surface area contributed by atoms with Gasteiger partial charge in [0.15, 0.2) is 0 Å². The van der Waals surface area contributed by atoms with Crippen LogP contribution in [0.5, 0.6) is 0 Å². The fraction of sp³-hybridized carbons (Fsp3) is 0.571. The second kappa shape index (κ2) is 5.57. The first kappa shape index (κ1) is 13.8. The summed E-state index contributed by atoms with van der Waals surface area (Å²) in [5.74, 6) is 0. The molecule has 1 aromatic carbocycles. The lowest BCUT2D eigenvalue weighted by atomic mass is 10.1. The van der Waals surface area contributed by atoms with Gasteiger partial charge in [0.25, 0.3) is 5.69 Å². The van der Waals surface area contributed by atoms with Crippen LogP contribution >= 0.6 is 0 Å². The summed E-state index contributed by atoms with van der Waals surface area (Å²) in [7, 11) is 0. The molecular formula is C14H21N3O2. The van der Waals surface area contributed by atoms with Crippen LogP contribution in [0.25, 0.3) is 0 Å². The van der Waals surface area contributed by atoms with Crippen molar-refractivity contribution in [2.45, 2.75) is 39.3 Å². The molecular weight excluding hydrogens is 242 g/mol. The van der Waals surface area contributed by atoms with E-state index in [9.17, 15) is 10.1 Å². The maximum atomic E-state index is 10.9. The number of nitrogens with one attached hydrogen (secondary N) is 1. The summed E-state index contributed by atoms with van der Waals surface area (Å²) in [5, 5.41) is 14.4. The smallest absolute Gasteiger partial charge is 0.274 e. The zero-order chi connectivity index (χ0) is 14.0. The molecule has 104 valence electrons. The number of nitrogens with zero attached hydrogens (tertiary/aromatic N) is 2. The Morgan fingerprint density at radius 1 is 1.47 bits per heavy atom. The summed E-state index contributed by atoms with van der Waals surface area (Å²) in [6.45, 7) is 8.28. The lowest BCUT2D eigenvalue weighted by Gasteiger charge is -2.21. The number of hydrogen-bond donors (Lipinski definition) is 1. The van der Waals surface area contributed by atoms with Crippen LogP contribution in [-0.2, 0) is 0 Å². The van der Waals surface area contributed by atoms with Gasteiger partial charge in [-0.05, 0) is 33.3 Å². The third-order valence-corrected chi connectivity index (χ3v) is 3.81. The third kappa shape index (κ3) is 3.04. The summed E-state index contributed by atoms with van der Waals surface area (Å²) < 4.78 is 0. The first-order valence-corrected chi connectivity index (χ1v) is 6.73. The first-order valence-electron chi connectivity index (χ1n) is 6.73. The predicted octanol–water partition coefficient (Wildman–Crippen LogP) is 2.80. The first-order chi connectivity index (χ1) is 8.99. The van der Waals surface area contributed by atoms with Gasteiger partial charge in [0.05, 0.1) is 4.92 Å². The fourth-order valence-corrected chi connectivity index (χ4v) is 2.57. The average Bonchev–Trinajstić information content (AvgIpc) is 2.80. The molecule has 0 aromatic heterocycles. The van der Waals surface area contributed by atoms with Crippen molar-refractivity contribution < 1.29 is 4.92 Å². The maximum absolute atomic E-state index is 10.9. The Labute approximate surface area is 113 Å². The molecule has 0 spiro atoms. The van der Waals surface area contributed by atoms with E-state index in [2.05, 4.69) is 24.1 Å². The van der Waals surface area contributed by atoms with Crippen LogP contribution in [0.2, 0.25) is 0 Å². The molecule has 0 saturated carbocycles. The van der Waals surface area contributed by atoms with Crippen molar-refractivity contribution in [3.05, 3.63) is 33.9 Å². The molecule has 1 atom stereocenters. The highest BCUT2D eigenvalue weighted by Gasteiger charge is 2.25. The molecule has 0 aliphatic carbocycles. The van der Waals surface area contributed by atoms with Crippen molar-refractivity contribution in [1.29, 1.82) is 0 Å². The van der Waals surface area contributed by atoms with Crippen LogP contribution in [0.4, 0.5) is 11.4 Å². The highest BCUT2D eigenvalue weighted by atomic mass is 16.6. The molecule has 1 saturated heterocycles. The van der Waals surface area contributed by atoms with Gasteiger partial charge in [-0.2, -0.15) is 0 Å². The Kier molecular flexibility index (Phi) is 4.04. The molecule has 19 heavy (non-hydrogen) atoms. The molecule has 1 aliphatic rings. The van der Waals surface area contributed by atoms with Gasteiger partial charge in [0.2, 0.25) is 0 Å². The van der Waals surface area contributed by atoms with Gasteiger partial charge in [-0.3, -0.25) is 15.0 Å². The van der Waals surface area contributed by atoms with Crippen molar-refractivity contribution in [2.75, 3.05) is 18.4 Å². The van der Waals surface area contributed by atoms with E-state index in [1.165, 1.54) is 0 Å². The third-order valence-electron chi connectivity index (χ3n) is 3.81. The minimum atomic E-state index is -0.324. The van der Waals surface area contributed by atoms with Crippen molar-refractivity contribution in [3.8, 4) is 0 Å². The molecule has 2 rings (SSSR count). The van der Waals surface area contributed by atoms with Gasteiger partial charge in [-0.25, -0.2) is 0 Å². The Morgan fingerprint density at radius 2 is 2.21 bits per heavy atom. The quantitative estimate of drug-likeness (QED) is 0.670. The van der Waals surface area contributed by atoms with Crippen molar-refractivity contribution in [3.63, 3.8) is 0 Å². The number of hydrogen-bond acceptors (Lipinski definition) is 4. The van der Waals surface area contributed by atoms with E-state index >= 15 is 0 Å². The van der Waals surface area contributed by atoms with Gasteiger partial charge in [0.1, 0.15) is 0 Å². The van der Waals surface area contributed by atoms with E-state index < -0.39 is 0 Å². The molecule has 1 heterocycles. The fourth-order valence-electron chi connectivity index (χ4n) is 2.57. The van der Waals surface area contributed by atoms with Gasteiger partial charge >= 0.3 is 0 Å². The van der Waals surface area contributed by atoms with E-state index in [1.807, 2.05) is 6.07 Å². The van der Waals surface area contributed by atoms with Gasteiger partial charge < -0.3 is 5.32 Å². The lowest BCUT2D eigenvalue weighted by Crippen LogP contribution is -2.31. The summed E-state index contributed by atoms with van der Waals surface area (Å²) in [4.78, 5) is 13.0. The van der Waals surface area contributed by atoms with E-state index in [-0.39, 0.29) is 10.6 Å². The highest BCUT2D eigenvalue weighted by Crippen LogP contribution is 2.27. The summed E-state index contributed by atoms with van der Waals surface area (Å²) in [6, 6.07) is 6.14. The molecule has 1 fully saturated rings. The highest BCUT2D eigenvalue weighted by molar-refractivity contribution is 5.60. The van der Waals surface area contributed by atoms with Gasteiger partial charge in [-0.15, -0.1) is 0 Å². The largest absolute Gasteiger partial charge is 0.381 e. The zero-order valence-corrected chi connectivity index (χ0v) is 11.7. The molecule has 1 N–H and O–H groups in total. The van der Waals surface area contributed by atoms with E-state index in [1.54, 1.807) is 19.1 Å². The SMILES string of the molecule is Cc1c(NC2CCN(C(C)C)C2)cccc1[N+](=O)[O-]. The van der Waals surface area contributed by atoms with E-state index in [0.29, 0.717) is 12.1 Å². The van der Waals surface area contributed by atoms with Crippen LogP contribution in [0.15, 0.2) is 18.2 Å². The van der Waals surface area contributed by atoms with Crippen molar-refractivity contribution in [2.24, 2.45) is 0 Å². The average molecular weight is 263 g/mol. The number of benzene rings is 1. The zero-order valence-electron chi connectivity index (χ0n) is 11.7. The standard InChI is InChI=1S/C14H21N3O2/c1-10(2)16-8-7-12(9-16)15-13-5-4-6-14(11(13)3)17(18)19/h4-6,10,12,15H,7-9H2,1-3H3. The second-order valence-electron chi connectivity index (χ2n) is 5.43. The van der Waals surface area contributed by atoms with Crippen LogP contribution in [0.1, 0.15) is 25.8 Å². The van der Waals surface area contributed by atoms with Crippen LogP contribution in [0.3, 0.4) is 0 Å². The van der Waals surface area contributed by atoms with E-state index in [4.69, 9.17) is 0 Å². The maximum Gasteiger partial charge on any atom is 0.274 e. The Bertz CT molecular complexity index is 474. The normalized spacial score (nSPS) is 19.9.